The molecule has 2 rings (SSSR count). The van der Waals surface area contributed by atoms with Gasteiger partial charge in [0.2, 0.25) is 5.78 Å². The number of ketones is 1. The number of carbonyl (C=O) groups is 2. The second-order valence-corrected chi connectivity index (χ2v) is 8.01. The standard InChI is InChI=1S/C21H20N2O6S/c1-13-4-5-14(2)20(10-13)30(26,27)29-17-8-6-16(7-9-17)21(25)28-12-19(24)18(11-22)15(3)23/h4-10H,12,23H2,1-3H3. The molecule has 0 aromatic heterocycles. The normalized spacial score (nSPS) is 11.8. The summed E-state index contributed by atoms with van der Waals surface area (Å²) in [6.07, 6.45) is 0. The van der Waals surface area contributed by atoms with E-state index in [9.17, 15) is 18.0 Å². The zero-order valence-electron chi connectivity index (χ0n) is 16.6. The first-order chi connectivity index (χ1) is 14.0. The van der Waals surface area contributed by atoms with Crippen molar-refractivity contribution >= 4 is 21.9 Å². The van der Waals surface area contributed by atoms with Crippen LogP contribution in [0.3, 0.4) is 0 Å². The van der Waals surface area contributed by atoms with Crippen molar-refractivity contribution in [2.24, 2.45) is 5.73 Å². The Kier molecular flexibility index (Phi) is 6.97. The van der Waals surface area contributed by atoms with Gasteiger partial charge in [0.1, 0.15) is 22.3 Å². The number of ether oxygens (including phenoxy) is 1. The van der Waals surface area contributed by atoms with Gasteiger partial charge in [-0.25, -0.2) is 4.79 Å². The molecule has 0 fully saturated rings. The van der Waals surface area contributed by atoms with Crippen LogP contribution in [-0.2, 0) is 19.6 Å². The number of allylic oxidation sites excluding steroid dienone is 1. The Labute approximate surface area is 174 Å². The van der Waals surface area contributed by atoms with E-state index in [4.69, 9.17) is 19.9 Å². The second kappa shape index (κ2) is 9.24. The fourth-order valence-corrected chi connectivity index (χ4v) is 3.70. The Morgan fingerprint density at radius 1 is 1.10 bits per heavy atom. The van der Waals surface area contributed by atoms with Crippen LogP contribution in [0.15, 0.2) is 58.6 Å². The quantitative estimate of drug-likeness (QED) is 0.307. The van der Waals surface area contributed by atoms with Gasteiger partial charge < -0.3 is 14.7 Å². The lowest BCUT2D eigenvalue weighted by molar-refractivity contribution is -0.118. The number of esters is 1. The summed E-state index contributed by atoms with van der Waals surface area (Å²) in [6.45, 7) is 4.18. The van der Waals surface area contributed by atoms with E-state index < -0.39 is 28.5 Å². The number of hydrogen-bond acceptors (Lipinski definition) is 8. The van der Waals surface area contributed by atoms with Gasteiger partial charge in [0.15, 0.2) is 6.61 Å². The lowest BCUT2D eigenvalue weighted by atomic mass is 10.1. The van der Waals surface area contributed by atoms with Crippen molar-refractivity contribution in [3.63, 3.8) is 0 Å². The minimum Gasteiger partial charge on any atom is -0.454 e. The Bertz CT molecular complexity index is 1150. The number of nitrogens with two attached hydrogens (primary N) is 1. The van der Waals surface area contributed by atoms with Crippen LogP contribution < -0.4 is 9.92 Å². The molecule has 0 saturated heterocycles. The molecule has 2 aromatic carbocycles. The van der Waals surface area contributed by atoms with E-state index in [2.05, 4.69) is 0 Å². The molecule has 0 aliphatic carbocycles. The predicted molar refractivity (Wildman–Crippen MR) is 108 cm³/mol. The molecule has 0 unspecified atom stereocenters. The number of Topliss-reactive ketones (excluding diaryl/α,β-unsaturated/α-hetero) is 1. The van der Waals surface area contributed by atoms with Crippen LogP contribution in [0, 0.1) is 25.2 Å². The lowest BCUT2D eigenvalue weighted by Crippen LogP contribution is -2.17. The zero-order valence-corrected chi connectivity index (χ0v) is 17.4. The van der Waals surface area contributed by atoms with Crippen molar-refractivity contribution < 1.29 is 26.9 Å². The van der Waals surface area contributed by atoms with E-state index in [0.717, 1.165) is 5.56 Å². The summed E-state index contributed by atoms with van der Waals surface area (Å²) >= 11 is 0. The summed E-state index contributed by atoms with van der Waals surface area (Å²) in [5, 5.41) is 8.87. The van der Waals surface area contributed by atoms with Crippen LogP contribution in [0.2, 0.25) is 0 Å². The lowest BCUT2D eigenvalue weighted by Gasteiger charge is -2.10. The average Bonchev–Trinajstić information content (AvgIpc) is 2.68. The molecule has 30 heavy (non-hydrogen) atoms. The summed E-state index contributed by atoms with van der Waals surface area (Å²) < 4.78 is 35.1. The third-order valence-electron chi connectivity index (χ3n) is 4.03. The van der Waals surface area contributed by atoms with Gasteiger partial charge in [0.25, 0.3) is 0 Å². The second-order valence-electron chi connectivity index (χ2n) is 6.50. The monoisotopic (exact) mass is 428 g/mol. The molecule has 0 spiro atoms. The molecule has 0 aliphatic rings. The van der Waals surface area contributed by atoms with E-state index in [0.29, 0.717) is 5.56 Å². The van der Waals surface area contributed by atoms with E-state index in [-0.39, 0.29) is 27.5 Å². The molecule has 0 heterocycles. The zero-order chi connectivity index (χ0) is 22.5. The van der Waals surface area contributed by atoms with Gasteiger partial charge in [-0.1, -0.05) is 12.1 Å². The highest BCUT2D eigenvalue weighted by Crippen LogP contribution is 2.23. The van der Waals surface area contributed by atoms with Crippen molar-refractivity contribution in [3.05, 3.63) is 70.4 Å². The van der Waals surface area contributed by atoms with Gasteiger partial charge in [-0.3, -0.25) is 4.79 Å². The first kappa shape index (κ1) is 22.6. The van der Waals surface area contributed by atoms with Crippen LogP contribution in [0.4, 0.5) is 0 Å². The van der Waals surface area contributed by atoms with Crippen LogP contribution in [0.1, 0.15) is 28.4 Å². The SMILES string of the molecule is CC(N)=C(C#N)C(=O)COC(=O)c1ccc(OS(=O)(=O)c2cc(C)ccc2C)cc1. The number of hydrogen-bond donors (Lipinski definition) is 1. The number of carbonyl (C=O) groups excluding carboxylic acids is 2. The largest absolute Gasteiger partial charge is 0.454 e. The molecule has 0 saturated carbocycles. The van der Waals surface area contributed by atoms with E-state index in [1.807, 2.05) is 0 Å². The molecule has 2 aromatic rings. The molecular weight excluding hydrogens is 408 g/mol. The van der Waals surface area contributed by atoms with Crippen LogP contribution in [-0.4, -0.2) is 26.8 Å². The molecule has 156 valence electrons. The number of nitrogens with zero attached hydrogens (tertiary/aromatic N) is 1. The minimum absolute atomic E-state index is 0.0111. The van der Waals surface area contributed by atoms with Crippen LogP contribution in [0.25, 0.3) is 0 Å². The fraction of sp³-hybridized carbons (Fsp3) is 0.190. The highest BCUT2D eigenvalue weighted by Gasteiger charge is 2.20. The maximum Gasteiger partial charge on any atom is 0.339 e. The molecule has 0 bridgehead atoms. The third-order valence-corrected chi connectivity index (χ3v) is 5.42. The Balaban J connectivity index is 2.09. The maximum atomic E-state index is 12.5. The van der Waals surface area contributed by atoms with Crippen molar-refractivity contribution in [2.45, 2.75) is 25.7 Å². The highest BCUT2D eigenvalue weighted by molar-refractivity contribution is 7.87. The Morgan fingerprint density at radius 2 is 1.73 bits per heavy atom. The third kappa shape index (κ3) is 5.46. The minimum atomic E-state index is -4.05. The highest BCUT2D eigenvalue weighted by atomic mass is 32.2. The summed E-state index contributed by atoms with van der Waals surface area (Å²) in [6, 6.07) is 11.8. The molecule has 0 amide bonds. The van der Waals surface area contributed by atoms with Gasteiger partial charge in [0, 0.05) is 5.70 Å². The Hall–Kier alpha value is -3.64. The molecule has 9 heteroatoms. The number of rotatable bonds is 7. The number of aryl methyl sites for hydroxylation is 2. The molecule has 0 aliphatic heterocycles. The number of nitriles is 1. The van der Waals surface area contributed by atoms with Crippen LogP contribution in [0.5, 0.6) is 5.75 Å². The van der Waals surface area contributed by atoms with E-state index >= 15 is 0 Å². The van der Waals surface area contributed by atoms with Gasteiger partial charge in [0.05, 0.1) is 5.56 Å². The van der Waals surface area contributed by atoms with E-state index in [1.54, 1.807) is 32.0 Å². The summed E-state index contributed by atoms with van der Waals surface area (Å²) in [7, 11) is -4.05. The first-order valence-electron chi connectivity index (χ1n) is 8.73. The number of benzene rings is 2. The molecule has 0 atom stereocenters. The molecule has 2 N–H and O–H groups in total. The van der Waals surface area contributed by atoms with Crippen LogP contribution >= 0.6 is 0 Å². The summed E-state index contributed by atoms with van der Waals surface area (Å²) in [5.41, 5.74) is 6.58. The molecule has 0 radical (unpaired) electrons. The molecular formula is C21H20N2O6S. The summed E-state index contributed by atoms with van der Waals surface area (Å²) in [5.74, 6) is -1.53. The fourth-order valence-electron chi connectivity index (χ4n) is 2.45. The smallest absolute Gasteiger partial charge is 0.339 e. The first-order valence-corrected chi connectivity index (χ1v) is 10.1. The van der Waals surface area contributed by atoms with Crippen molar-refractivity contribution in [2.75, 3.05) is 6.61 Å². The predicted octanol–water partition coefficient (Wildman–Crippen LogP) is 2.55. The van der Waals surface area contributed by atoms with Crippen molar-refractivity contribution in [1.82, 2.24) is 0 Å². The van der Waals surface area contributed by atoms with Gasteiger partial charge in [-0.2, -0.15) is 13.7 Å². The van der Waals surface area contributed by atoms with Gasteiger partial charge in [-0.15, -0.1) is 0 Å². The van der Waals surface area contributed by atoms with E-state index in [1.165, 1.54) is 37.3 Å². The average molecular weight is 428 g/mol. The Morgan fingerprint density at radius 3 is 2.30 bits per heavy atom. The summed E-state index contributed by atoms with van der Waals surface area (Å²) in [4.78, 5) is 23.9. The van der Waals surface area contributed by atoms with Crippen molar-refractivity contribution in [1.29, 1.82) is 5.26 Å². The van der Waals surface area contributed by atoms with Crippen molar-refractivity contribution in [3.8, 4) is 11.8 Å². The maximum absolute atomic E-state index is 12.5. The topological polar surface area (TPSA) is 137 Å². The van der Waals surface area contributed by atoms with Gasteiger partial charge >= 0.3 is 16.1 Å². The van der Waals surface area contributed by atoms with Gasteiger partial charge in [-0.05, 0) is 62.2 Å². The molecule has 8 nitrogen and oxygen atoms in total.